The number of hydrogen-bond donors (Lipinski definition) is 1. The standard InChI is InChI=1S/C13H19N3O/c1-14-13(17)16-10-4-2-3-5-12(16)11-6-8-15-9-7-11/h6-9,12H,2-5,10H2,1H3,(H,14,17). The van der Waals surface area contributed by atoms with Gasteiger partial charge in [0.2, 0.25) is 0 Å². The normalized spacial score (nSPS) is 20.8. The van der Waals surface area contributed by atoms with Crippen molar-refractivity contribution in [3.05, 3.63) is 30.1 Å². The molecule has 1 aromatic heterocycles. The van der Waals surface area contributed by atoms with Gasteiger partial charge in [0.1, 0.15) is 0 Å². The Morgan fingerprint density at radius 1 is 1.35 bits per heavy atom. The van der Waals surface area contributed by atoms with Crippen molar-refractivity contribution in [2.75, 3.05) is 13.6 Å². The molecule has 17 heavy (non-hydrogen) atoms. The second-order valence-corrected chi connectivity index (χ2v) is 4.39. The molecule has 1 saturated heterocycles. The number of hydrogen-bond acceptors (Lipinski definition) is 2. The van der Waals surface area contributed by atoms with Crippen LogP contribution >= 0.6 is 0 Å². The second-order valence-electron chi connectivity index (χ2n) is 4.39. The molecule has 1 atom stereocenters. The first-order chi connectivity index (χ1) is 8.33. The molecule has 1 aliphatic rings. The highest BCUT2D eigenvalue weighted by Gasteiger charge is 2.25. The van der Waals surface area contributed by atoms with Crippen molar-refractivity contribution in [3.63, 3.8) is 0 Å². The minimum atomic E-state index is 0.0220. The van der Waals surface area contributed by atoms with Gasteiger partial charge in [-0.15, -0.1) is 0 Å². The van der Waals surface area contributed by atoms with E-state index >= 15 is 0 Å². The van der Waals surface area contributed by atoms with Crippen LogP contribution in [0.25, 0.3) is 0 Å². The summed E-state index contributed by atoms with van der Waals surface area (Å²) in [5.41, 5.74) is 1.19. The molecule has 4 heteroatoms. The fourth-order valence-corrected chi connectivity index (χ4v) is 2.43. The smallest absolute Gasteiger partial charge is 0.317 e. The lowest BCUT2D eigenvalue weighted by atomic mass is 10.0. The zero-order chi connectivity index (χ0) is 12.1. The van der Waals surface area contributed by atoms with Gasteiger partial charge >= 0.3 is 6.03 Å². The van der Waals surface area contributed by atoms with Crippen LogP contribution in [-0.4, -0.2) is 29.5 Å². The van der Waals surface area contributed by atoms with Crippen LogP contribution in [0.3, 0.4) is 0 Å². The fraction of sp³-hybridized carbons (Fsp3) is 0.538. The van der Waals surface area contributed by atoms with Gasteiger partial charge in [0.05, 0.1) is 6.04 Å². The Bertz CT molecular complexity index is 366. The van der Waals surface area contributed by atoms with E-state index in [0.29, 0.717) is 0 Å². The van der Waals surface area contributed by atoms with Crippen LogP contribution in [0.15, 0.2) is 24.5 Å². The lowest BCUT2D eigenvalue weighted by molar-refractivity contribution is 0.178. The fourth-order valence-electron chi connectivity index (χ4n) is 2.43. The van der Waals surface area contributed by atoms with Crippen LogP contribution in [0.4, 0.5) is 4.79 Å². The summed E-state index contributed by atoms with van der Waals surface area (Å²) in [6.07, 6.45) is 8.10. The first kappa shape index (κ1) is 11.9. The Morgan fingerprint density at radius 3 is 2.82 bits per heavy atom. The van der Waals surface area contributed by atoms with E-state index in [1.165, 1.54) is 18.4 Å². The molecule has 1 unspecified atom stereocenters. The van der Waals surface area contributed by atoms with Crippen LogP contribution in [0.2, 0.25) is 0 Å². The quantitative estimate of drug-likeness (QED) is 0.809. The predicted molar refractivity (Wildman–Crippen MR) is 66.6 cm³/mol. The van der Waals surface area contributed by atoms with Crippen molar-refractivity contribution in [2.24, 2.45) is 0 Å². The van der Waals surface area contributed by atoms with E-state index in [4.69, 9.17) is 0 Å². The molecule has 2 rings (SSSR count). The van der Waals surface area contributed by atoms with Crippen molar-refractivity contribution < 1.29 is 4.79 Å². The molecule has 0 spiro atoms. The summed E-state index contributed by atoms with van der Waals surface area (Å²) in [6, 6.07) is 4.23. The molecular weight excluding hydrogens is 214 g/mol. The zero-order valence-corrected chi connectivity index (χ0v) is 10.2. The van der Waals surface area contributed by atoms with Crippen molar-refractivity contribution in [2.45, 2.75) is 31.7 Å². The number of rotatable bonds is 1. The number of urea groups is 1. The van der Waals surface area contributed by atoms with Crippen molar-refractivity contribution in [1.29, 1.82) is 0 Å². The molecule has 0 bridgehead atoms. The molecular formula is C13H19N3O. The lowest BCUT2D eigenvalue weighted by Crippen LogP contribution is -2.40. The minimum absolute atomic E-state index is 0.0220. The molecule has 4 nitrogen and oxygen atoms in total. The highest BCUT2D eigenvalue weighted by molar-refractivity contribution is 5.74. The summed E-state index contributed by atoms with van der Waals surface area (Å²) in [4.78, 5) is 17.9. The Balaban J connectivity index is 2.23. The van der Waals surface area contributed by atoms with E-state index in [1.807, 2.05) is 17.0 Å². The van der Waals surface area contributed by atoms with Gasteiger partial charge in [-0.05, 0) is 30.5 Å². The van der Waals surface area contributed by atoms with E-state index in [0.717, 1.165) is 19.4 Å². The molecule has 1 fully saturated rings. The van der Waals surface area contributed by atoms with Crippen LogP contribution in [0.1, 0.15) is 37.3 Å². The summed E-state index contributed by atoms with van der Waals surface area (Å²) in [5.74, 6) is 0. The van der Waals surface area contributed by atoms with Gasteiger partial charge in [0.25, 0.3) is 0 Å². The monoisotopic (exact) mass is 233 g/mol. The van der Waals surface area contributed by atoms with Crippen LogP contribution in [0.5, 0.6) is 0 Å². The van der Waals surface area contributed by atoms with E-state index in [9.17, 15) is 4.79 Å². The minimum Gasteiger partial charge on any atom is -0.341 e. The summed E-state index contributed by atoms with van der Waals surface area (Å²) in [5, 5.41) is 2.73. The largest absolute Gasteiger partial charge is 0.341 e. The van der Waals surface area contributed by atoms with Crippen LogP contribution < -0.4 is 5.32 Å². The van der Waals surface area contributed by atoms with E-state index < -0.39 is 0 Å². The third kappa shape index (κ3) is 2.75. The van der Waals surface area contributed by atoms with E-state index in [1.54, 1.807) is 19.4 Å². The molecule has 2 amide bonds. The summed E-state index contributed by atoms with van der Waals surface area (Å²) in [6.45, 7) is 0.840. The molecule has 0 aromatic carbocycles. The Labute approximate surface area is 102 Å². The Kier molecular flexibility index (Phi) is 3.96. The highest BCUT2D eigenvalue weighted by atomic mass is 16.2. The number of nitrogens with one attached hydrogen (secondary N) is 1. The maximum atomic E-state index is 11.9. The average molecular weight is 233 g/mol. The van der Waals surface area contributed by atoms with Gasteiger partial charge in [-0.2, -0.15) is 0 Å². The van der Waals surface area contributed by atoms with Gasteiger partial charge < -0.3 is 10.2 Å². The number of likely N-dealkylation sites (tertiary alicyclic amines) is 1. The third-order valence-corrected chi connectivity index (χ3v) is 3.32. The predicted octanol–water partition coefficient (Wildman–Crippen LogP) is 2.34. The number of nitrogens with zero attached hydrogens (tertiary/aromatic N) is 2. The van der Waals surface area contributed by atoms with Gasteiger partial charge in [0, 0.05) is 26.0 Å². The van der Waals surface area contributed by atoms with Gasteiger partial charge in [-0.1, -0.05) is 12.8 Å². The average Bonchev–Trinajstić information content (AvgIpc) is 2.64. The van der Waals surface area contributed by atoms with E-state index in [-0.39, 0.29) is 12.1 Å². The number of carbonyl (C=O) groups is 1. The van der Waals surface area contributed by atoms with Crippen molar-refractivity contribution in [1.82, 2.24) is 15.2 Å². The number of pyridine rings is 1. The molecule has 1 aromatic rings. The third-order valence-electron chi connectivity index (χ3n) is 3.32. The molecule has 0 radical (unpaired) electrons. The molecule has 1 aliphatic heterocycles. The van der Waals surface area contributed by atoms with Crippen LogP contribution in [-0.2, 0) is 0 Å². The first-order valence-electron chi connectivity index (χ1n) is 6.21. The molecule has 2 heterocycles. The SMILES string of the molecule is CNC(=O)N1CCCCCC1c1ccncc1. The Hall–Kier alpha value is -1.58. The van der Waals surface area contributed by atoms with Gasteiger partial charge in [0.15, 0.2) is 0 Å². The highest BCUT2D eigenvalue weighted by Crippen LogP contribution is 2.29. The van der Waals surface area contributed by atoms with E-state index in [2.05, 4.69) is 10.3 Å². The number of aromatic nitrogens is 1. The van der Waals surface area contributed by atoms with Gasteiger partial charge in [-0.3, -0.25) is 4.98 Å². The first-order valence-corrected chi connectivity index (χ1v) is 6.21. The topological polar surface area (TPSA) is 45.2 Å². The molecule has 1 N–H and O–H groups in total. The maximum absolute atomic E-state index is 11.9. The molecule has 0 aliphatic carbocycles. The zero-order valence-electron chi connectivity index (χ0n) is 10.2. The lowest BCUT2D eigenvalue weighted by Gasteiger charge is -2.29. The van der Waals surface area contributed by atoms with Crippen molar-refractivity contribution in [3.8, 4) is 0 Å². The maximum Gasteiger partial charge on any atom is 0.317 e. The second kappa shape index (κ2) is 5.66. The summed E-state index contributed by atoms with van der Waals surface area (Å²) >= 11 is 0. The van der Waals surface area contributed by atoms with Gasteiger partial charge in [-0.25, -0.2) is 4.79 Å². The molecule has 0 saturated carbocycles. The Morgan fingerprint density at radius 2 is 2.12 bits per heavy atom. The number of carbonyl (C=O) groups excluding carboxylic acids is 1. The van der Waals surface area contributed by atoms with Crippen LogP contribution in [0, 0.1) is 0 Å². The number of amides is 2. The molecule has 92 valence electrons. The van der Waals surface area contributed by atoms with Crippen molar-refractivity contribution >= 4 is 6.03 Å². The summed E-state index contributed by atoms with van der Waals surface area (Å²) in [7, 11) is 1.69. The summed E-state index contributed by atoms with van der Waals surface area (Å²) < 4.78 is 0.